The third kappa shape index (κ3) is 2.39. The molecule has 1 aromatic heterocycles. The molecule has 0 unspecified atom stereocenters. The maximum absolute atomic E-state index is 10.9. The van der Waals surface area contributed by atoms with E-state index in [1.807, 2.05) is 0 Å². The number of halogens is 1. The molecular weight excluding hydrogens is 232 g/mol. The van der Waals surface area contributed by atoms with Crippen molar-refractivity contribution < 1.29 is 13.3 Å². The molecule has 0 radical (unpaired) electrons. The zero-order valence-electron chi connectivity index (χ0n) is 6.97. The first-order valence-corrected chi connectivity index (χ1v) is 5.69. The van der Waals surface area contributed by atoms with E-state index in [1.54, 1.807) is 0 Å². The van der Waals surface area contributed by atoms with Gasteiger partial charge >= 0.3 is 5.82 Å². The molecule has 0 spiro atoms. The van der Waals surface area contributed by atoms with Crippen LogP contribution in [0.1, 0.15) is 5.69 Å². The van der Waals surface area contributed by atoms with Gasteiger partial charge in [-0.1, -0.05) is 0 Å². The molecule has 14 heavy (non-hydrogen) atoms. The topological polar surface area (TPSA) is 90.2 Å². The highest BCUT2D eigenvalue weighted by atomic mass is 35.7. The van der Waals surface area contributed by atoms with E-state index in [2.05, 4.69) is 4.98 Å². The third-order valence-corrected chi connectivity index (χ3v) is 2.72. The van der Waals surface area contributed by atoms with Crippen LogP contribution in [-0.2, 0) is 9.05 Å². The van der Waals surface area contributed by atoms with Crippen molar-refractivity contribution in [2.24, 2.45) is 0 Å². The number of nitrogens with zero attached hydrogens (tertiary/aromatic N) is 2. The lowest BCUT2D eigenvalue weighted by molar-refractivity contribution is -0.389. The van der Waals surface area contributed by atoms with Crippen LogP contribution in [0.5, 0.6) is 0 Å². The summed E-state index contributed by atoms with van der Waals surface area (Å²) < 4.78 is 21.7. The molecule has 0 atom stereocenters. The summed E-state index contributed by atoms with van der Waals surface area (Å²) in [5.74, 6) is -0.538. The molecule has 0 aromatic carbocycles. The van der Waals surface area contributed by atoms with Gasteiger partial charge in [0.25, 0.3) is 9.05 Å². The molecule has 0 fully saturated rings. The van der Waals surface area contributed by atoms with Gasteiger partial charge < -0.3 is 10.1 Å². The Balaban J connectivity index is 3.43. The molecule has 0 aliphatic heterocycles. The van der Waals surface area contributed by atoms with Gasteiger partial charge in [-0.3, -0.25) is 0 Å². The van der Waals surface area contributed by atoms with Gasteiger partial charge in [-0.2, -0.15) is 0 Å². The van der Waals surface area contributed by atoms with Crippen molar-refractivity contribution in [1.29, 1.82) is 0 Å². The monoisotopic (exact) mass is 236 g/mol. The molecule has 1 aromatic rings. The molecule has 6 nitrogen and oxygen atoms in total. The van der Waals surface area contributed by atoms with Gasteiger partial charge in [0.1, 0.15) is 0 Å². The van der Waals surface area contributed by atoms with E-state index < -0.39 is 19.8 Å². The highest BCUT2D eigenvalue weighted by molar-refractivity contribution is 8.13. The van der Waals surface area contributed by atoms with E-state index in [4.69, 9.17) is 10.7 Å². The molecule has 0 saturated carbocycles. The lowest BCUT2D eigenvalue weighted by Gasteiger charge is -1.96. The normalized spacial score (nSPS) is 11.3. The fourth-order valence-corrected chi connectivity index (χ4v) is 1.68. The van der Waals surface area contributed by atoms with Gasteiger partial charge in [0.05, 0.1) is 11.0 Å². The molecule has 8 heteroatoms. The van der Waals surface area contributed by atoms with Gasteiger partial charge in [0, 0.05) is 23.7 Å². The van der Waals surface area contributed by atoms with Crippen molar-refractivity contribution in [3.8, 4) is 0 Å². The van der Waals surface area contributed by atoms with Gasteiger partial charge in [-0.25, -0.2) is 8.42 Å². The average Bonchev–Trinajstić information content (AvgIpc) is 2.01. The fraction of sp³-hybridized carbons (Fsp3) is 0.167. The van der Waals surface area contributed by atoms with Crippen LogP contribution in [0.3, 0.4) is 0 Å². The Kier molecular flexibility index (Phi) is 2.72. The molecule has 76 valence electrons. The van der Waals surface area contributed by atoms with Crippen molar-refractivity contribution in [2.45, 2.75) is 11.8 Å². The SMILES string of the molecule is Cc1cc(S(=O)(=O)Cl)cc([N+](=O)[O-])n1. The summed E-state index contributed by atoms with van der Waals surface area (Å²) in [6.45, 7) is 1.44. The van der Waals surface area contributed by atoms with E-state index in [1.165, 1.54) is 6.92 Å². The molecule has 0 bridgehead atoms. The molecule has 0 saturated heterocycles. The number of rotatable bonds is 2. The van der Waals surface area contributed by atoms with Gasteiger partial charge in [-0.15, -0.1) is 0 Å². The molecular formula is C6H5ClN2O4S. The van der Waals surface area contributed by atoms with E-state index in [0.29, 0.717) is 0 Å². The predicted octanol–water partition coefficient (Wildman–Crippen LogP) is 1.23. The zero-order valence-corrected chi connectivity index (χ0v) is 8.54. The average molecular weight is 237 g/mol. The summed E-state index contributed by atoms with van der Waals surface area (Å²) in [6.07, 6.45) is 0. The van der Waals surface area contributed by atoms with Crippen molar-refractivity contribution in [3.05, 3.63) is 27.9 Å². The summed E-state index contributed by atoms with van der Waals surface area (Å²) in [5.41, 5.74) is 0.221. The van der Waals surface area contributed by atoms with Crippen LogP contribution in [-0.4, -0.2) is 18.3 Å². The maximum atomic E-state index is 10.9. The number of aromatic nitrogens is 1. The van der Waals surface area contributed by atoms with Crippen LogP contribution >= 0.6 is 10.7 Å². The minimum atomic E-state index is -3.95. The molecule has 0 aliphatic rings. The highest BCUT2D eigenvalue weighted by Gasteiger charge is 2.18. The molecule has 0 N–H and O–H groups in total. The Labute approximate surface area is 84.1 Å². The van der Waals surface area contributed by atoms with Crippen molar-refractivity contribution in [3.63, 3.8) is 0 Å². The number of aryl methyl sites for hydroxylation is 1. The Morgan fingerprint density at radius 1 is 1.50 bits per heavy atom. The number of pyridine rings is 1. The summed E-state index contributed by atoms with van der Waals surface area (Å²) in [5, 5.41) is 10.3. The van der Waals surface area contributed by atoms with Crippen LogP contribution in [0.4, 0.5) is 5.82 Å². The predicted molar refractivity (Wildman–Crippen MR) is 48.7 cm³/mol. The summed E-state index contributed by atoms with van der Waals surface area (Å²) >= 11 is 0. The van der Waals surface area contributed by atoms with E-state index >= 15 is 0 Å². The van der Waals surface area contributed by atoms with Gasteiger partial charge in [0.2, 0.25) is 0 Å². The van der Waals surface area contributed by atoms with Crippen molar-refractivity contribution >= 4 is 25.6 Å². The number of nitro groups is 1. The zero-order chi connectivity index (χ0) is 10.9. The first kappa shape index (κ1) is 10.9. The van der Waals surface area contributed by atoms with Crippen LogP contribution in [0.2, 0.25) is 0 Å². The summed E-state index contributed by atoms with van der Waals surface area (Å²) in [7, 11) is 1.08. The Bertz CT molecular complexity index is 485. The standard InChI is InChI=1S/C6H5ClN2O4S/c1-4-2-5(14(7,12)13)3-6(8-4)9(10)11/h2-3H,1H3. The second kappa shape index (κ2) is 3.50. The summed E-state index contributed by atoms with van der Waals surface area (Å²) in [6, 6.07) is 1.98. The first-order valence-electron chi connectivity index (χ1n) is 3.38. The highest BCUT2D eigenvalue weighted by Crippen LogP contribution is 2.19. The van der Waals surface area contributed by atoms with Crippen LogP contribution in [0.25, 0.3) is 0 Å². The van der Waals surface area contributed by atoms with Gasteiger partial charge in [-0.05, 0) is 9.91 Å². The van der Waals surface area contributed by atoms with Crippen LogP contribution < -0.4 is 0 Å². The Morgan fingerprint density at radius 3 is 2.50 bits per heavy atom. The number of hydrogen-bond donors (Lipinski definition) is 0. The molecule has 0 aliphatic carbocycles. The summed E-state index contributed by atoms with van der Waals surface area (Å²) in [4.78, 5) is 12.8. The van der Waals surface area contributed by atoms with Crippen molar-refractivity contribution in [1.82, 2.24) is 4.98 Å². The first-order chi connectivity index (χ1) is 6.30. The lowest BCUT2D eigenvalue weighted by atomic mass is 10.4. The second-order valence-corrected chi connectivity index (χ2v) is 5.06. The minimum absolute atomic E-state index is 0.221. The number of hydrogen-bond acceptors (Lipinski definition) is 5. The lowest BCUT2D eigenvalue weighted by Crippen LogP contribution is -1.98. The van der Waals surface area contributed by atoms with E-state index in [0.717, 1.165) is 12.1 Å². The molecule has 1 rings (SSSR count). The second-order valence-electron chi connectivity index (χ2n) is 2.50. The van der Waals surface area contributed by atoms with Crippen LogP contribution in [0.15, 0.2) is 17.0 Å². The van der Waals surface area contributed by atoms with E-state index in [-0.39, 0.29) is 10.6 Å². The van der Waals surface area contributed by atoms with Crippen molar-refractivity contribution in [2.75, 3.05) is 0 Å². The van der Waals surface area contributed by atoms with Gasteiger partial charge in [0.15, 0.2) is 5.69 Å². The van der Waals surface area contributed by atoms with E-state index in [9.17, 15) is 18.5 Å². The minimum Gasteiger partial charge on any atom is -0.358 e. The largest absolute Gasteiger partial charge is 0.365 e. The Morgan fingerprint density at radius 2 is 2.07 bits per heavy atom. The fourth-order valence-electron chi connectivity index (χ4n) is 0.854. The Hall–Kier alpha value is -1.21. The maximum Gasteiger partial charge on any atom is 0.365 e. The van der Waals surface area contributed by atoms with Crippen LogP contribution in [0, 0.1) is 17.0 Å². The smallest absolute Gasteiger partial charge is 0.358 e. The molecule has 0 amide bonds. The molecule has 1 heterocycles. The quantitative estimate of drug-likeness (QED) is 0.438. The third-order valence-electron chi connectivity index (χ3n) is 1.38.